The van der Waals surface area contributed by atoms with Crippen LogP contribution in [-0.4, -0.2) is 17.5 Å². The van der Waals surface area contributed by atoms with E-state index in [0.717, 1.165) is 6.04 Å². The summed E-state index contributed by atoms with van der Waals surface area (Å²) < 4.78 is 1.22. The highest BCUT2D eigenvalue weighted by atomic mass is 79.9. The van der Waals surface area contributed by atoms with Crippen molar-refractivity contribution >= 4 is 15.9 Å². The smallest absolute Gasteiger partial charge is 0.0239 e. The minimum absolute atomic E-state index is 0.886. The Morgan fingerprint density at radius 3 is 2.80 bits per heavy atom. The number of nitrogens with zero attached hydrogens (tertiary/aromatic N) is 1. The molecule has 0 aromatic heterocycles. The molecule has 0 unspecified atom stereocenters. The number of hydrogen-bond donors (Lipinski definition) is 0. The number of benzene rings is 1. The van der Waals surface area contributed by atoms with Crippen LogP contribution in [0.3, 0.4) is 0 Å². The SMILES string of the molecule is Brc1ccc2c(c1)CN(C1CCC1)CC2. The number of fused-ring (bicyclic) bond motifs is 1. The molecule has 0 saturated heterocycles. The van der Waals surface area contributed by atoms with Gasteiger partial charge in [-0.1, -0.05) is 28.4 Å². The zero-order valence-electron chi connectivity index (χ0n) is 8.88. The van der Waals surface area contributed by atoms with Gasteiger partial charge in [0.1, 0.15) is 0 Å². The quantitative estimate of drug-likeness (QED) is 0.753. The Morgan fingerprint density at radius 1 is 1.20 bits per heavy atom. The van der Waals surface area contributed by atoms with E-state index in [1.54, 1.807) is 5.56 Å². The molecular weight excluding hydrogens is 250 g/mol. The first-order valence-electron chi connectivity index (χ1n) is 5.84. The molecule has 0 radical (unpaired) electrons. The van der Waals surface area contributed by atoms with E-state index in [1.165, 1.54) is 48.8 Å². The van der Waals surface area contributed by atoms with Crippen LogP contribution < -0.4 is 0 Å². The molecule has 1 aliphatic carbocycles. The van der Waals surface area contributed by atoms with E-state index in [-0.39, 0.29) is 0 Å². The highest BCUT2D eigenvalue weighted by Crippen LogP contribution is 2.30. The predicted octanol–water partition coefficient (Wildman–Crippen LogP) is 3.36. The van der Waals surface area contributed by atoms with Crippen LogP contribution in [0.4, 0.5) is 0 Å². The van der Waals surface area contributed by atoms with Gasteiger partial charge in [0, 0.05) is 23.6 Å². The van der Waals surface area contributed by atoms with Crippen LogP contribution in [0.25, 0.3) is 0 Å². The maximum atomic E-state index is 3.56. The van der Waals surface area contributed by atoms with Crippen molar-refractivity contribution in [3.8, 4) is 0 Å². The van der Waals surface area contributed by atoms with E-state index in [0.29, 0.717) is 0 Å². The number of hydrogen-bond acceptors (Lipinski definition) is 1. The Kier molecular flexibility index (Phi) is 2.57. The van der Waals surface area contributed by atoms with Crippen LogP contribution in [-0.2, 0) is 13.0 Å². The zero-order valence-corrected chi connectivity index (χ0v) is 10.5. The topological polar surface area (TPSA) is 3.24 Å². The molecule has 0 spiro atoms. The second-order valence-electron chi connectivity index (χ2n) is 4.72. The fourth-order valence-electron chi connectivity index (χ4n) is 2.61. The Hall–Kier alpha value is -0.340. The number of halogens is 1. The molecule has 15 heavy (non-hydrogen) atoms. The molecule has 1 aliphatic heterocycles. The Bertz CT molecular complexity index is 371. The zero-order chi connectivity index (χ0) is 10.3. The molecule has 1 heterocycles. The fraction of sp³-hybridized carbons (Fsp3) is 0.538. The van der Waals surface area contributed by atoms with E-state index >= 15 is 0 Å². The minimum Gasteiger partial charge on any atom is -0.296 e. The molecule has 1 fully saturated rings. The molecule has 1 aromatic carbocycles. The Balaban J connectivity index is 1.81. The number of rotatable bonds is 1. The molecule has 0 amide bonds. The summed E-state index contributed by atoms with van der Waals surface area (Å²) in [7, 11) is 0. The lowest BCUT2D eigenvalue weighted by atomic mass is 9.89. The van der Waals surface area contributed by atoms with Crippen molar-refractivity contribution in [2.45, 2.75) is 38.3 Å². The molecule has 1 saturated carbocycles. The molecule has 2 aliphatic rings. The minimum atomic E-state index is 0.886. The van der Waals surface area contributed by atoms with E-state index in [2.05, 4.69) is 39.0 Å². The molecule has 80 valence electrons. The second-order valence-corrected chi connectivity index (χ2v) is 5.63. The monoisotopic (exact) mass is 265 g/mol. The highest BCUT2D eigenvalue weighted by Gasteiger charge is 2.27. The first-order chi connectivity index (χ1) is 7.33. The van der Waals surface area contributed by atoms with Crippen molar-refractivity contribution in [2.75, 3.05) is 6.54 Å². The molecule has 3 rings (SSSR count). The lowest BCUT2D eigenvalue weighted by Gasteiger charge is -2.40. The standard InChI is InChI=1S/C13H16BrN/c14-12-5-4-10-6-7-15(9-11(10)8-12)13-2-1-3-13/h4-5,8,13H,1-3,6-7,9H2. The fourth-order valence-corrected chi connectivity index (χ4v) is 3.02. The van der Waals surface area contributed by atoms with E-state index in [9.17, 15) is 0 Å². The van der Waals surface area contributed by atoms with Crippen LogP contribution in [0.1, 0.15) is 30.4 Å². The van der Waals surface area contributed by atoms with E-state index in [4.69, 9.17) is 0 Å². The van der Waals surface area contributed by atoms with E-state index < -0.39 is 0 Å². The average molecular weight is 266 g/mol. The van der Waals surface area contributed by atoms with Crippen molar-refractivity contribution in [1.29, 1.82) is 0 Å². The summed E-state index contributed by atoms with van der Waals surface area (Å²) in [4.78, 5) is 2.66. The molecule has 0 atom stereocenters. The molecule has 0 N–H and O–H groups in total. The van der Waals surface area contributed by atoms with Crippen LogP contribution in [0.2, 0.25) is 0 Å². The maximum Gasteiger partial charge on any atom is 0.0239 e. The van der Waals surface area contributed by atoms with Crippen LogP contribution >= 0.6 is 15.9 Å². The van der Waals surface area contributed by atoms with E-state index in [1.807, 2.05) is 0 Å². The summed E-state index contributed by atoms with van der Waals surface area (Å²) in [5, 5.41) is 0. The molecule has 1 aromatic rings. The molecule has 1 nitrogen and oxygen atoms in total. The van der Waals surface area contributed by atoms with Crippen LogP contribution in [0.5, 0.6) is 0 Å². The van der Waals surface area contributed by atoms with Crippen molar-refractivity contribution < 1.29 is 0 Å². The van der Waals surface area contributed by atoms with Gasteiger partial charge in [-0.2, -0.15) is 0 Å². The Morgan fingerprint density at radius 2 is 2.07 bits per heavy atom. The largest absolute Gasteiger partial charge is 0.296 e. The first kappa shape index (κ1) is 9.86. The van der Waals surface area contributed by atoms with Crippen LogP contribution in [0, 0.1) is 0 Å². The van der Waals surface area contributed by atoms with Gasteiger partial charge >= 0.3 is 0 Å². The van der Waals surface area contributed by atoms with Crippen molar-refractivity contribution in [3.63, 3.8) is 0 Å². The normalized spacial score (nSPS) is 22.2. The third-order valence-corrected chi connectivity index (χ3v) is 4.29. The van der Waals surface area contributed by atoms with Gasteiger partial charge in [-0.05, 0) is 42.5 Å². The van der Waals surface area contributed by atoms with Crippen LogP contribution in [0.15, 0.2) is 22.7 Å². The lowest BCUT2D eigenvalue weighted by Crippen LogP contribution is -2.42. The highest BCUT2D eigenvalue weighted by molar-refractivity contribution is 9.10. The van der Waals surface area contributed by atoms with Gasteiger partial charge < -0.3 is 0 Å². The van der Waals surface area contributed by atoms with Gasteiger partial charge in [0.25, 0.3) is 0 Å². The van der Waals surface area contributed by atoms with Crippen molar-refractivity contribution in [1.82, 2.24) is 4.90 Å². The van der Waals surface area contributed by atoms with Gasteiger partial charge in [0.2, 0.25) is 0 Å². The van der Waals surface area contributed by atoms with Gasteiger partial charge in [-0.15, -0.1) is 0 Å². The third kappa shape index (κ3) is 1.85. The average Bonchev–Trinajstić information content (AvgIpc) is 2.14. The predicted molar refractivity (Wildman–Crippen MR) is 65.9 cm³/mol. The lowest BCUT2D eigenvalue weighted by molar-refractivity contribution is 0.113. The van der Waals surface area contributed by atoms with Crippen molar-refractivity contribution in [3.05, 3.63) is 33.8 Å². The summed E-state index contributed by atoms with van der Waals surface area (Å²) >= 11 is 3.56. The Labute approximate surface area is 99.6 Å². The summed E-state index contributed by atoms with van der Waals surface area (Å²) in [6.07, 6.45) is 5.51. The first-order valence-corrected chi connectivity index (χ1v) is 6.63. The maximum absolute atomic E-state index is 3.56. The summed E-state index contributed by atoms with van der Waals surface area (Å²) in [5.74, 6) is 0. The van der Waals surface area contributed by atoms with Gasteiger partial charge in [0.05, 0.1) is 0 Å². The molecular formula is C13H16BrN. The van der Waals surface area contributed by atoms with Gasteiger partial charge in [-0.25, -0.2) is 0 Å². The summed E-state index contributed by atoms with van der Waals surface area (Å²) in [5.41, 5.74) is 3.08. The second kappa shape index (κ2) is 3.91. The van der Waals surface area contributed by atoms with Gasteiger partial charge in [-0.3, -0.25) is 4.90 Å². The van der Waals surface area contributed by atoms with Gasteiger partial charge in [0.15, 0.2) is 0 Å². The molecule has 0 bridgehead atoms. The summed E-state index contributed by atoms with van der Waals surface area (Å²) in [6, 6.07) is 7.62. The third-order valence-electron chi connectivity index (χ3n) is 3.80. The molecule has 2 heteroatoms. The summed E-state index contributed by atoms with van der Waals surface area (Å²) in [6.45, 7) is 2.43. The van der Waals surface area contributed by atoms with Crippen molar-refractivity contribution in [2.24, 2.45) is 0 Å².